The summed E-state index contributed by atoms with van der Waals surface area (Å²) < 4.78 is 0. The second-order valence-corrected chi connectivity index (χ2v) is 7.73. The molecule has 0 radical (unpaired) electrons. The van der Waals surface area contributed by atoms with E-state index in [1.807, 2.05) is 25.1 Å². The van der Waals surface area contributed by atoms with E-state index in [0.717, 1.165) is 18.4 Å². The highest BCUT2D eigenvalue weighted by molar-refractivity contribution is 6.07. The van der Waals surface area contributed by atoms with Gasteiger partial charge in [0, 0.05) is 12.2 Å². The first-order valence-corrected chi connectivity index (χ1v) is 9.57. The fourth-order valence-electron chi connectivity index (χ4n) is 3.37. The Bertz CT molecular complexity index is 703. The predicted molar refractivity (Wildman–Crippen MR) is 108 cm³/mol. The Labute approximate surface area is 161 Å². The highest BCUT2D eigenvalue weighted by atomic mass is 16.2. The summed E-state index contributed by atoms with van der Waals surface area (Å²) in [5.41, 5.74) is 0.785. The number of carbonyl (C=O) groups is 2. The molecule has 0 saturated carbocycles. The molecule has 1 saturated heterocycles. The molecule has 2 rings (SSSR count). The fraction of sp³-hybridized carbons (Fsp3) is 0.550. The van der Waals surface area contributed by atoms with E-state index in [2.05, 4.69) is 36.7 Å². The van der Waals surface area contributed by atoms with Gasteiger partial charge in [-0.05, 0) is 43.4 Å². The number of anilines is 1. The molecule has 1 unspecified atom stereocenters. The monoisotopic (exact) mass is 373 g/mol. The second kappa shape index (κ2) is 8.88. The Hall–Kier alpha value is -2.57. The lowest BCUT2D eigenvalue weighted by atomic mass is 9.91. The first kappa shape index (κ1) is 20.7. The van der Waals surface area contributed by atoms with E-state index >= 15 is 0 Å². The van der Waals surface area contributed by atoms with Crippen molar-refractivity contribution in [3.8, 4) is 0 Å². The smallest absolute Gasteiger partial charge is 0.319 e. The largest absolute Gasteiger partial charge is 0.342 e. The summed E-state index contributed by atoms with van der Waals surface area (Å²) in [6.07, 6.45) is 2.63. The van der Waals surface area contributed by atoms with Crippen LogP contribution in [-0.2, 0) is 11.3 Å². The molecule has 4 N–H and O–H groups in total. The number of carbonyl (C=O) groups excluding carboxylic acids is 2. The van der Waals surface area contributed by atoms with E-state index in [0.29, 0.717) is 31.1 Å². The summed E-state index contributed by atoms with van der Waals surface area (Å²) in [5.74, 6) is 0.383. The van der Waals surface area contributed by atoms with Crippen LogP contribution in [0.3, 0.4) is 0 Å². The summed E-state index contributed by atoms with van der Waals surface area (Å²) in [7, 11) is 0. The SMILES string of the molecule is CCCCNC(=O)Nc1cccc(CN2C(=N)NC(C)(CC(C)C)C2=O)c1. The summed E-state index contributed by atoms with van der Waals surface area (Å²) >= 11 is 0. The van der Waals surface area contributed by atoms with E-state index in [4.69, 9.17) is 5.41 Å². The van der Waals surface area contributed by atoms with Gasteiger partial charge in [-0.1, -0.05) is 39.3 Å². The molecular formula is C20H31N5O2. The van der Waals surface area contributed by atoms with Crippen LogP contribution in [0, 0.1) is 11.3 Å². The minimum absolute atomic E-state index is 0.0862. The van der Waals surface area contributed by atoms with Crippen molar-refractivity contribution < 1.29 is 9.59 Å². The number of urea groups is 1. The van der Waals surface area contributed by atoms with Gasteiger partial charge in [-0.25, -0.2) is 4.79 Å². The number of unbranched alkanes of at least 4 members (excludes halogenated alkanes) is 1. The predicted octanol–water partition coefficient (Wildman–Crippen LogP) is 3.28. The molecule has 0 aliphatic carbocycles. The van der Waals surface area contributed by atoms with E-state index in [1.165, 1.54) is 4.90 Å². The normalized spacial score (nSPS) is 19.4. The number of amides is 3. The molecule has 1 heterocycles. The Kier molecular flexibility index (Phi) is 6.82. The lowest BCUT2D eigenvalue weighted by molar-refractivity contribution is -0.131. The average molecular weight is 374 g/mol. The highest BCUT2D eigenvalue weighted by Gasteiger charge is 2.45. The zero-order valence-corrected chi connectivity index (χ0v) is 16.7. The minimum atomic E-state index is -0.736. The number of guanidine groups is 1. The Morgan fingerprint density at radius 3 is 2.78 bits per heavy atom. The Morgan fingerprint density at radius 2 is 2.11 bits per heavy atom. The van der Waals surface area contributed by atoms with Crippen molar-refractivity contribution in [2.45, 2.75) is 59.0 Å². The van der Waals surface area contributed by atoms with Crippen LogP contribution in [-0.4, -0.2) is 34.9 Å². The van der Waals surface area contributed by atoms with Gasteiger partial charge in [-0.3, -0.25) is 15.1 Å². The van der Waals surface area contributed by atoms with Gasteiger partial charge in [0.15, 0.2) is 5.96 Å². The first-order valence-electron chi connectivity index (χ1n) is 9.57. The summed E-state index contributed by atoms with van der Waals surface area (Å²) in [5, 5.41) is 16.8. The van der Waals surface area contributed by atoms with E-state index in [9.17, 15) is 9.59 Å². The molecule has 3 amide bonds. The fourth-order valence-corrected chi connectivity index (χ4v) is 3.37. The van der Waals surface area contributed by atoms with Gasteiger partial charge < -0.3 is 16.0 Å². The van der Waals surface area contributed by atoms with Gasteiger partial charge in [-0.15, -0.1) is 0 Å². The minimum Gasteiger partial charge on any atom is -0.342 e. The van der Waals surface area contributed by atoms with Crippen LogP contribution >= 0.6 is 0 Å². The van der Waals surface area contributed by atoms with Crippen LogP contribution in [0.4, 0.5) is 10.5 Å². The molecule has 7 heteroatoms. The van der Waals surface area contributed by atoms with Gasteiger partial charge in [0.2, 0.25) is 0 Å². The van der Waals surface area contributed by atoms with Crippen LogP contribution in [0.2, 0.25) is 0 Å². The standard InChI is InChI=1S/C20H31N5O2/c1-5-6-10-22-19(27)23-16-9-7-8-15(11-16)13-25-17(26)20(4,12-14(2)3)24-18(25)21/h7-9,11,14H,5-6,10,12-13H2,1-4H3,(H2,21,24)(H2,22,23,27). The van der Waals surface area contributed by atoms with Gasteiger partial charge >= 0.3 is 6.03 Å². The molecular weight excluding hydrogens is 342 g/mol. The molecule has 7 nitrogen and oxygen atoms in total. The molecule has 1 atom stereocenters. The number of hydrogen-bond donors (Lipinski definition) is 4. The van der Waals surface area contributed by atoms with Gasteiger partial charge in [-0.2, -0.15) is 0 Å². The second-order valence-electron chi connectivity index (χ2n) is 7.73. The van der Waals surface area contributed by atoms with Crippen LogP contribution in [0.1, 0.15) is 52.5 Å². The maximum atomic E-state index is 12.8. The number of nitrogens with one attached hydrogen (secondary N) is 4. The average Bonchev–Trinajstić information content (AvgIpc) is 2.78. The third-order valence-electron chi connectivity index (χ3n) is 4.54. The third-order valence-corrected chi connectivity index (χ3v) is 4.54. The van der Waals surface area contributed by atoms with E-state index < -0.39 is 5.54 Å². The van der Waals surface area contributed by atoms with Gasteiger partial charge in [0.25, 0.3) is 5.91 Å². The molecule has 0 aromatic heterocycles. The number of benzene rings is 1. The van der Waals surface area contributed by atoms with Gasteiger partial charge in [0.1, 0.15) is 5.54 Å². The molecule has 1 aromatic carbocycles. The van der Waals surface area contributed by atoms with Crippen LogP contribution in [0.15, 0.2) is 24.3 Å². The summed E-state index contributed by atoms with van der Waals surface area (Å²) in [6, 6.07) is 7.12. The van der Waals surface area contributed by atoms with Crippen LogP contribution < -0.4 is 16.0 Å². The summed E-state index contributed by atoms with van der Waals surface area (Å²) in [6.45, 7) is 8.98. The van der Waals surface area contributed by atoms with Gasteiger partial charge in [0.05, 0.1) is 6.54 Å². The molecule has 0 spiro atoms. The van der Waals surface area contributed by atoms with Crippen molar-refractivity contribution in [1.29, 1.82) is 5.41 Å². The van der Waals surface area contributed by atoms with Crippen molar-refractivity contribution in [3.05, 3.63) is 29.8 Å². The topological polar surface area (TPSA) is 97.3 Å². The van der Waals surface area contributed by atoms with Crippen molar-refractivity contribution in [2.75, 3.05) is 11.9 Å². The maximum Gasteiger partial charge on any atom is 0.319 e. The van der Waals surface area contributed by atoms with Crippen LogP contribution in [0.5, 0.6) is 0 Å². The molecule has 0 bridgehead atoms. The van der Waals surface area contributed by atoms with Crippen LogP contribution in [0.25, 0.3) is 0 Å². The van der Waals surface area contributed by atoms with Crippen molar-refractivity contribution in [1.82, 2.24) is 15.5 Å². The van der Waals surface area contributed by atoms with Crippen molar-refractivity contribution in [2.24, 2.45) is 5.92 Å². The van der Waals surface area contributed by atoms with E-state index in [1.54, 1.807) is 6.07 Å². The van der Waals surface area contributed by atoms with E-state index in [-0.39, 0.29) is 17.9 Å². The molecule has 1 aromatic rings. The molecule has 1 aliphatic rings. The summed E-state index contributed by atoms with van der Waals surface area (Å²) in [4.78, 5) is 26.2. The number of rotatable bonds is 8. The zero-order valence-electron chi connectivity index (χ0n) is 16.7. The molecule has 1 aliphatic heterocycles. The first-order chi connectivity index (χ1) is 12.7. The number of hydrogen-bond acceptors (Lipinski definition) is 3. The zero-order chi connectivity index (χ0) is 20.0. The highest BCUT2D eigenvalue weighted by Crippen LogP contribution is 2.26. The molecule has 148 valence electrons. The molecule has 1 fully saturated rings. The lowest BCUT2D eigenvalue weighted by Gasteiger charge is -2.24. The molecule has 27 heavy (non-hydrogen) atoms. The maximum absolute atomic E-state index is 12.8. The third kappa shape index (κ3) is 5.45. The lowest BCUT2D eigenvalue weighted by Crippen LogP contribution is -2.44. The van der Waals surface area contributed by atoms with Crippen molar-refractivity contribution in [3.63, 3.8) is 0 Å². The van der Waals surface area contributed by atoms with Crippen molar-refractivity contribution >= 4 is 23.6 Å². The number of nitrogens with zero attached hydrogens (tertiary/aromatic N) is 1. The Morgan fingerprint density at radius 1 is 1.37 bits per heavy atom. The quantitative estimate of drug-likeness (QED) is 0.526. The Balaban J connectivity index is 2.02.